The minimum Gasteiger partial charge on any atom is -0.398 e. The molecule has 0 heterocycles. The van der Waals surface area contributed by atoms with Gasteiger partial charge in [0, 0.05) is 44.6 Å². The second-order valence-electron chi connectivity index (χ2n) is 12.5. The maximum absolute atomic E-state index is 14.3. The molecule has 0 radical (unpaired) electrons. The van der Waals surface area contributed by atoms with Crippen molar-refractivity contribution in [1.82, 2.24) is 0 Å². The lowest BCUT2D eigenvalue weighted by Crippen LogP contribution is -2.25. The van der Waals surface area contributed by atoms with Crippen molar-refractivity contribution in [2.45, 2.75) is 0 Å². The van der Waals surface area contributed by atoms with Crippen LogP contribution >= 0.6 is 0 Å². The molecule has 0 aliphatic heterocycles. The number of rotatable bonds is 4. The van der Waals surface area contributed by atoms with Gasteiger partial charge in [-0.2, -0.15) is 0 Å². The molecule has 0 spiro atoms. The fourth-order valence-electron chi connectivity index (χ4n) is 7.34. The molecule has 6 aromatic rings. The summed E-state index contributed by atoms with van der Waals surface area (Å²) in [6, 6.07) is 30.7. The predicted molar refractivity (Wildman–Crippen MR) is 190 cm³/mol. The molecule has 3 aliphatic carbocycles. The van der Waals surface area contributed by atoms with Crippen LogP contribution in [0.25, 0.3) is 0 Å². The number of hydrogen-bond acceptors (Lipinski definition) is 9. The highest BCUT2D eigenvalue weighted by Crippen LogP contribution is 2.42. The molecule has 242 valence electrons. The molecule has 0 bridgehead atoms. The third-order valence-electron chi connectivity index (χ3n) is 9.67. The van der Waals surface area contributed by atoms with Gasteiger partial charge in [-0.15, -0.1) is 0 Å². The second-order valence-corrected chi connectivity index (χ2v) is 12.5. The molecule has 4 N–H and O–H groups in total. The van der Waals surface area contributed by atoms with E-state index in [-0.39, 0.29) is 95.5 Å². The topological polar surface area (TPSA) is 152 Å². The number of benzene rings is 6. The van der Waals surface area contributed by atoms with E-state index in [1.54, 1.807) is 115 Å². The van der Waals surface area contributed by atoms with Crippen molar-refractivity contribution >= 4 is 63.1 Å². The zero-order chi connectivity index (χ0) is 35.1. The summed E-state index contributed by atoms with van der Waals surface area (Å²) in [7, 11) is 0. The van der Waals surface area contributed by atoms with E-state index in [2.05, 4.69) is 10.6 Å². The average Bonchev–Trinajstić information content (AvgIpc) is 3.15. The molecule has 51 heavy (non-hydrogen) atoms. The number of anilines is 5. The molecule has 0 saturated carbocycles. The predicted octanol–water partition coefficient (Wildman–Crippen LogP) is 7.08. The number of nitrogen functional groups attached to an aromatic ring is 1. The first-order valence-electron chi connectivity index (χ1n) is 16.1. The zero-order valence-corrected chi connectivity index (χ0v) is 26.5. The normalized spacial score (nSPS) is 13.8. The van der Waals surface area contributed by atoms with Crippen LogP contribution < -0.4 is 16.4 Å². The standard InChI is InChI=1S/C42H23N3O6/c43-27-15-5-12-24-32(27)41(50)26-14-7-17-29(34(26)42(24)51)45-31-19-18-30(35-36(31)40(49)23-11-4-3-10-22(23)39(35)48)44-28-16-6-13-25-33(28)38(47)21-9-2-1-8-20(21)37(25)46/h1-19,44-45H,43H2. The van der Waals surface area contributed by atoms with Crippen LogP contribution in [0.15, 0.2) is 115 Å². The van der Waals surface area contributed by atoms with Gasteiger partial charge in [0.15, 0.2) is 34.7 Å². The summed E-state index contributed by atoms with van der Waals surface area (Å²) in [6.45, 7) is 0. The number of fused-ring (bicyclic) bond motifs is 6. The second kappa shape index (κ2) is 10.9. The Balaban J connectivity index is 1.19. The van der Waals surface area contributed by atoms with Crippen LogP contribution in [-0.4, -0.2) is 34.7 Å². The van der Waals surface area contributed by atoms with E-state index >= 15 is 0 Å². The van der Waals surface area contributed by atoms with Gasteiger partial charge in [-0.25, -0.2) is 0 Å². The molecule has 0 saturated heterocycles. The molecule has 0 aromatic heterocycles. The van der Waals surface area contributed by atoms with Gasteiger partial charge in [-0.05, 0) is 30.3 Å². The Kier molecular flexibility index (Phi) is 6.37. The Morgan fingerprint density at radius 1 is 0.294 bits per heavy atom. The lowest BCUT2D eigenvalue weighted by molar-refractivity contribution is 0.0979. The van der Waals surface area contributed by atoms with Crippen molar-refractivity contribution in [3.05, 3.63) is 182 Å². The third-order valence-corrected chi connectivity index (χ3v) is 9.67. The molecular weight excluding hydrogens is 642 g/mol. The fraction of sp³-hybridized carbons (Fsp3) is 0. The molecule has 3 aliphatic rings. The first kappa shape index (κ1) is 29.8. The molecule has 6 aromatic carbocycles. The van der Waals surface area contributed by atoms with Crippen LogP contribution in [0.5, 0.6) is 0 Å². The molecular formula is C42H23N3O6. The van der Waals surface area contributed by atoms with Crippen molar-refractivity contribution < 1.29 is 28.8 Å². The number of hydrogen-bond donors (Lipinski definition) is 3. The minimum absolute atomic E-state index is 0.0399. The van der Waals surface area contributed by atoms with E-state index in [0.29, 0.717) is 11.3 Å². The maximum Gasteiger partial charge on any atom is 0.196 e. The average molecular weight is 666 g/mol. The lowest BCUT2D eigenvalue weighted by atomic mass is 9.81. The van der Waals surface area contributed by atoms with Crippen LogP contribution in [-0.2, 0) is 0 Å². The summed E-state index contributed by atoms with van der Waals surface area (Å²) in [4.78, 5) is 83.2. The van der Waals surface area contributed by atoms with Crippen LogP contribution in [0, 0.1) is 0 Å². The van der Waals surface area contributed by atoms with Crippen LogP contribution in [0.1, 0.15) is 95.5 Å². The molecule has 9 nitrogen and oxygen atoms in total. The summed E-state index contributed by atoms with van der Waals surface area (Å²) in [5.74, 6) is -2.33. The van der Waals surface area contributed by atoms with Gasteiger partial charge in [0.05, 0.1) is 50.6 Å². The molecule has 0 atom stereocenters. The van der Waals surface area contributed by atoms with Crippen LogP contribution in [0.4, 0.5) is 28.4 Å². The Labute approximate surface area is 289 Å². The van der Waals surface area contributed by atoms with Crippen LogP contribution in [0.3, 0.4) is 0 Å². The highest BCUT2D eigenvalue weighted by atomic mass is 16.2. The summed E-state index contributed by atoms with van der Waals surface area (Å²) < 4.78 is 0. The van der Waals surface area contributed by atoms with Crippen molar-refractivity contribution in [3.8, 4) is 0 Å². The van der Waals surface area contributed by atoms with E-state index in [4.69, 9.17) is 5.73 Å². The van der Waals surface area contributed by atoms with Crippen LogP contribution in [0.2, 0.25) is 0 Å². The van der Waals surface area contributed by atoms with Crippen molar-refractivity contribution in [2.24, 2.45) is 0 Å². The number of nitrogens with two attached hydrogens (primary N) is 1. The zero-order valence-electron chi connectivity index (χ0n) is 26.5. The summed E-state index contributed by atoms with van der Waals surface area (Å²) in [5.41, 5.74) is 9.37. The first-order valence-corrected chi connectivity index (χ1v) is 16.1. The summed E-state index contributed by atoms with van der Waals surface area (Å²) >= 11 is 0. The molecule has 0 unspecified atom stereocenters. The lowest BCUT2D eigenvalue weighted by Gasteiger charge is -2.26. The molecule has 9 rings (SSSR count). The first-order chi connectivity index (χ1) is 24.7. The van der Waals surface area contributed by atoms with E-state index in [1.165, 1.54) is 0 Å². The Hall–Kier alpha value is -7.26. The van der Waals surface area contributed by atoms with Gasteiger partial charge in [-0.3, -0.25) is 28.8 Å². The van der Waals surface area contributed by atoms with Gasteiger partial charge >= 0.3 is 0 Å². The van der Waals surface area contributed by atoms with Gasteiger partial charge in [-0.1, -0.05) is 84.9 Å². The van der Waals surface area contributed by atoms with E-state index in [9.17, 15) is 28.8 Å². The molecule has 9 heteroatoms. The molecule has 0 amide bonds. The van der Waals surface area contributed by atoms with Gasteiger partial charge in [0.2, 0.25) is 0 Å². The van der Waals surface area contributed by atoms with Gasteiger partial charge in [0.1, 0.15) is 0 Å². The quantitative estimate of drug-likeness (QED) is 0.167. The SMILES string of the molecule is Nc1cccc2c1C(=O)c1cccc(Nc3ccc(Nc4cccc5c4C(=O)c4ccccc4C5=O)c4c3C(=O)c3ccccc3C4=O)c1C2=O. The van der Waals surface area contributed by atoms with E-state index < -0.39 is 23.1 Å². The van der Waals surface area contributed by atoms with Crippen molar-refractivity contribution in [2.75, 3.05) is 16.4 Å². The Bertz CT molecular complexity index is 2670. The highest BCUT2D eigenvalue weighted by molar-refractivity contribution is 6.34. The number of nitrogens with one attached hydrogen (secondary N) is 2. The number of carbonyl (C=O) groups is 6. The minimum atomic E-state index is -0.438. The van der Waals surface area contributed by atoms with E-state index in [0.717, 1.165) is 0 Å². The third kappa shape index (κ3) is 4.21. The maximum atomic E-state index is 14.3. The fourth-order valence-corrected chi connectivity index (χ4v) is 7.34. The smallest absolute Gasteiger partial charge is 0.196 e. The Morgan fingerprint density at radius 3 is 1.10 bits per heavy atom. The van der Waals surface area contributed by atoms with Gasteiger partial charge < -0.3 is 16.4 Å². The van der Waals surface area contributed by atoms with Crippen molar-refractivity contribution in [1.29, 1.82) is 0 Å². The number of ketones is 6. The summed E-state index contributed by atoms with van der Waals surface area (Å²) in [5, 5.41) is 6.41. The van der Waals surface area contributed by atoms with E-state index in [1.807, 2.05) is 0 Å². The number of carbonyl (C=O) groups excluding carboxylic acids is 6. The highest BCUT2D eigenvalue weighted by Gasteiger charge is 2.37. The monoisotopic (exact) mass is 665 g/mol. The van der Waals surface area contributed by atoms with Gasteiger partial charge in [0.25, 0.3) is 0 Å². The largest absolute Gasteiger partial charge is 0.398 e. The summed E-state index contributed by atoms with van der Waals surface area (Å²) in [6.07, 6.45) is 0. The van der Waals surface area contributed by atoms with Crippen molar-refractivity contribution in [3.63, 3.8) is 0 Å². The Morgan fingerprint density at radius 2 is 0.608 bits per heavy atom. The molecule has 0 fully saturated rings.